The quantitative estimate of drug-likeness (QED) is 0.254. The molecule has 1 heterocycles. The molecule has 0 spiro atoms. The lowest BCUT2D eigenvalue weighted by Crippen LogP contribution is -2.60. The molecule has 1 unspecified atom stereocenters. The van der Waals surface area contributed by atoms with Gasteiger partial charge in [0.05, 0.1) is 25.9 Å². The third-order valence-corrected chi connectivity index (χ3v) is 5.08. The van der Waals surface area contributed by atoms with Gasteiger partial charge in [-0.05, 0) is 35.4 Å². The molecule has 5 atom stereocenters. The van der Waals surface area contributed by atoms with Crippen LogP contribution in [0, 0.1) is 0 Å². The van der Waals surface area contributed by atoms with Gasteiger partial charge < -0.3 is 28.8 Å². The van der Waals surface area contributed by atoms with Crippen LogP contribution in [-0.4, -0.2) is 61.4 Å². The van der Waals surface area contributed by atoms with E-state index < -0.39 is 42.6 Å². The average Bonchev–Trinajstić information content (AvgIpc) is 2.84. The highest BCUT2D eigenvalue weighted by Gasteiger charge is 2.49. The van der Waals surface area contributed by atoms with Crippen LogP contribution in [0.3, 0.4) is 0 Å². The average molecular weight is 471 g/mol. The number of ether oxygens (including phenoxy) is 5. The van der Waals surface area contributed by atoms with Gasteiger partial charge in [0, 0.05) is 11.8 Å². The minimum absolute atomic E-state index is 0.108. The van der Waals surface area contributed by atoms with Gasteiger partial charge in [-0.2, -0.15) is 0 Å². The van der Waals surface area contributed by atoms with Crippen molar-refractivity contribution in [3.63, 3.8) is 0 Å². The molecule has 180 valence electrons. The van der Waals surface area contributed by atoms with Crippen LogP contribution >= 0.6 is 0 Å². The largest absolute Gasteiger partial charge is 0.497 e. The first-order chi connectivity index (χ1) is 16.4. The van der Waals surface area contributed by atoms with Gasteiger partial charge >= 0.3 is 11.9 Å². The summed E-state index contributed by atoms with van der Waals surface area (Å²) in [4.78, 5) is 27.2. The van der Waals surface area contributed by atoms with Crippen molar-refractivity contribution < 1.29 is 38.4 Å². The highest BCUT2D eigenvalue weighted by atomic mass is 16.7. The van der Waals surface area contributed by atoms with Gasteiger partial charge in [0.25, 0.3) is 0 Å². The van der Waals surface area contributed by atoms with Crippen molar-refractivity contribution in [1.82, 2.24) is 0 Å². The Morgan fingerprint density at radius 2 is 1.79 bits per heavy atom. The normalized spacial score (nSPS) is 23.9. The zero-order valence-corrected chi connectivity index (χ0v) is 18.6. The lowest BCUT2D eigenvalue weighted by atomic mass is 9.97. The summed E-state index contributed by atoms with van der Waals surface area (Å²) in [6, 6.07) is 14.0. The predicted octanol–water partition coefficient (Wildman–Crippen LogP) is 2.77. The van der Waals surface area contributed by atoms with Crippen molar-refractivity contribution in [2.24, 2.45) is 5.11 Å². The smallest absolute Gasteiger partial charge is 0.338 e. The number of hydrogen-bond acceptors (Lipinski definition) is 9. The lowest BCUT2D eigenvalue weighted by Gasteiger charge is -2.42. The van der Waals surface area contributed by atoms with Crippen molar-refractivity contribution in [3.8, 4) is 5.75 Å². The van der Waals surface area contributed by atoms with E-state index >= 15 is 0 Å². The maximum absolute atomic E-state index is 12.7. The minimum atomic E-state index is -1.62. The molecule has 0 amide bonds. The van der Waals surface area contributed by atoms with Gasteiger partial charge in [-0.15, -0.1) is 0 Å². The summed E-state index contributed by atoms with van der Waals surface area (Å²) in [5.74, 6) is -0.719. The summed E-state index contributed by atoms with van der Waals surface area (Å²) in [5.41, 5.74) is 10.0. The van der Waals surface area contributed by atoms with Crippen LogP contribution < -0.4 is 4.74 Å². The number of carbonyl (C=O) groups excluding carboxylic acids is 2. The molecule has 2 aromatic rings. The van der Waals surface area contributed by atoms with Gasteiger partial charge in [0.15, 0.2) is 18.5 Å². The molecular weight excluding hydrogens is 446 g/mol. The molecule has 0 bridgehead atoms. The molecule has 0 aromatic heterocycles. The fourth-order valence-electron chi connectivity index (χ4n) is 3.47. The number of azide groups is 1. The highest BCUT2D eigenvalue weighted by molar-refractivity contribution is 5.89. The number of rotatable bonds is 9. The Labute approximate surface area is 195 Å². The van der Waals surface area contributed by atoms with Crippen LogP contribution in [0.15, 0.2) is 59.7 Å². The maximum Gasteiger partial charge on any atom is 0.338 e. The molecule has 0 aliphatic carbocycles. The van der Waals surface area contributed by atoms with Crippen LogP contribution in [0.4, 0.5) is 0 Å². The number of benzene rings is 2. The zero-order chi connectivity index (χ0) is 24.5. The molecule has 1 saturated heterocycles. The van der Waals surface area contributed by atoms with E-state index in [1.165, 1.54) is 19.1 Å². The molecule has 0 saturated carbocycles. The Kier molecular flexibility index (Phi) is 8.83. The zero-order valence-electron chi connectivity index (χ0n) is 18.6. The molecule has 1 aliphatic heterocycles. The van der Waals surface area contributed by atoms with Crippen LogP contribution in [0.5, 0.6) is 5.75 Å². The fourth-order valence-corrected chi connectivity index (χ4v) is 3.47. The summed E-state index contributed by atoms with van der Waals surface area (Å²) < 4.78 is 27.3. The Morgan fingerprint density at radius 1 is 1.09 bits per heavy atom. The molecular formula is C23H25N3O8. The Balaban J connectivity index is 1.78. The SMILES string of the molecule is COc1ccc(COC[C@H]2OC(O)[C@H](N=[N+]=[N-])[C@@H](OC(=O)c3ccccc3)[C@@H]2OC(C)=O)cc1. The number of aliphatic hydroxyl groups is 1. The van der Waals surface area contributed by atoms with E-state index in [4.69, 9.17) is 29.2 Å². The topological polar surface area (TPSA) is 149 Å². The third kappa shape index (κ3) is 6.46. The first kappa shape index (κ1) is 25.0. The fraction of sp³-hybridized carbons (Fsp3) is 0.391. The van der Waals surface area contributed by atoms with Gasteiger partial charge in [-0.25, -0.2) is 4.79 Å². The van der Waals surface area contributed by atoms with Gasteiger partial charge in [0.2, 0.25) is 0 Å². The molecule has 11 heteroatoms. The van der Waals surface area contributed by atoms with E-state index in [0.717, 1.165) is 5.56 Å². The molecule has 34 heavy (non-hydrogen) atoms. The highest BCUT2D eigenvalue weighted by Crippen LogP contribution is 2.29. The number of aliphatic hydroxyl groups excluding tert-OH is 1. The summed E-state index contributed by atoms with van der Waals surface area (Å²) in [5, 5.41) is 14.0. The van der Waals surface area contributed by atoms with E-state index in [9.17, 15) is 14.7 Å². The van der Waals surface area contributed by atoms with E-state index in [2.05, 4.69) is 10.0 Å². The first-order valence-corrected chi connectivity index (χ1v) is 10.4. The predicted molar refractivity (Wildman–Crippen MR) is 118 cm³/mol. The number of methoxy groups -OCH3 is 1. The molecule has 1 aliphatic rings. The molecule has 1 fully saturated rings. The van der Waals surface area contributed by atoms with Crippen LogP contribution in [-0.2, 0) is 30.3 Å². The van der Waals surface area contributed by atoms with Gasteiger partial charge in [-0.1, -0.05) is 35.4 Å². The van der Waals surface area contributed by atoms with Crippen molar-refractivity contribution in [2.75, 3.05) is 13.7 Å². The van der Waals surface area contributed by atoms with Gasteiger partial charge in [0.1, 0.15) is 17.9 Å². The molecule has 11 nitrogen and oxygen atoms in total. The number of hydrogen-bond donors (Lipinski definition) is 1. The van der Waals surface area contributed by atoms with Crippen LogP contribution in [0.25, 0.3) is 10.4 Å². The first-order valence-electron chi connectivity index (χ1n) is 10.4. The van der Waals surface area contributed by atoms with Crippen molar-refractivity contribution in [2.45, 2.75) is 44.2 Å². The summed E-state index contributed by atoms with van der Waals surface area (Å²) >= 11 is 0. The van der Waals surface area contributed by atoms with Gasteiger partial charge in [-0.3, -0.25) is 4.79 Å². The maximum atomic E-state index is 12.7. The molecule has 3 rings (SSSR count). The van der Waals surface area contributed by atoms with E-state index in [-0.39, 0.29) is 18.8 Å². The van der Waals surface area contributed by atoms with Crippen LogP contribution in [0.2, 0.25) is 0 Å². The van der Waals surface area contributed by atoms with Crippen molar-refractivity contribution in [1.29, 1.82) is 0 Å². The second-order valence-corrected chi connectivity index (χ2v) is 7.43. The van der Waals surface area contributed by atoms with Crippen molar-refractivity contribution in [3.05, 3.63) is 76.2 Å². The Hall–Kier alpha value is -3.63. The second kappa shape index (κ2) is 12.0. The van der Waals surface area contributed by atoms with E-state index in [1.807, 2.05) is 12.1 Å². The number of esters is 2. The summed E-state index contributed by atoms with van der Waals surface area (Å²) in [7, 11) is 1.57. The third-order valence-electron chi connectivity index (χ3n) is 5.08. The molecule has 0 radical (unpaired) electrons. The minimum Gasteiger partial charge on any atom is -0.497 e. The van der Waals surface area contributed by atoms with Crippen LogP contribution in [0.1, 0.15) is 22.8 Å². The van der Waals surface area contributed by atoms with Crippen molar-refractivity contribution >= 4 is 11.9 Å². The van der Waals surface area contributed by atoms with E-state index in [0.29, 0.717) is 5.75 Å². The molecule has 1 N–H and O–H groups in total. The monoisotopic (exact) mass is 471 g/mol. The Morgan fingerprint density at radius 3 is 2.41 bits per heavy atom. The number of nitrogens with zero attached hydrogens (tertiary/aromatic N) is 3. The number of carbonyl (C=O) groups is 2. The second-order valence-electron chi connectivity index (χ2n) is 7.43. The summed E-state index contributed by atoms with van der Waals surface area (Å²) in [6.07, 6.45) is -5.13. The Bertz CT molecular complexity index is 1010. The van der Waals surface area contributed by atoms with E-state index in [1.54, 1.807) is 37.4 Å². The summed E-state index contributed by atoms with van der Waals surface area (Å²) in [6.45, 7) is 1.27. The lowest BCUT2D eigenvalue weighted by molar-refractivity contribution is -0.257. The standard InChI is InChI=1S/C23H25N3O8/c1-14(27)32-20-18(13-31-12-15-8-10-17(30-2)11-9-15)33-23(29)19(25-26-24)21(20)34-22(28)16-6-4-3-5-7-16/h3-11,18-21,23,29H,12-13H2,1-2H3/t18-,19-,20-,21-,23?/m1/s1. The molecule has 2 aromatic carbocycles.